The Morgan fingerprint density at radius 3 is 2.84 bits per heavy atom. The van der Waals surface area contributed by atoms with E-state index in [4.69, 9.17) is 4.74 Å². The zero-order valence-electron chi connectivity index (χ0n) is 21.7. The Balaban J connectivity index is 1.30. The summed E-state index contributed by atoms with van der Waals surface area (Å²) in [6.07, 6.45) is 8.74. The van der Waals surface area contributed by atoms with Gasteiger partial charge in [0.1, 0.15) is 11.7 Å². The molecule has 6 nitrogen and oxygen atoms in total. The fraction of sp³-hybridized carbons (Fsp3) is 0.516. The number of carbonyl (C=O) groups excluding carboxylic acids is 1. The highest BCUT2D eigenvalue weighted by Crippen LogP contribution is 2.66. The van der Waals surface area contributed by atoms with Crippen molar-refractivity contribution in [1.29, 1.82) is 0 Å². The number of aryl methyl sites for hydroxylation is 1. The molecule has 2 aliphatic heterocycles. The highest BCUT2D eigenvalue weighted by atomic mass is 16.5. The van der Waals surface area contributed by atoms with Crippen molar-refractivity contribution in [3.63, 3.8) is 0 Å². The minimum absolute atomic E-state index is 0.0859. The molecule has 2 aromatic rings. The number of amides is 1. The third-order valence-corrected chi connectivity index (χ3v) is 10.0. The summed E-state index contributed by atoms with van der Waals surface area (Å²) in [4.78, 5) is 17.8. The molecular formula is C31H36N2O4. The average Bonchev–Trinajstić information content (AvgIpc) is 3.63. The van der Waals surface area contributed by atoms with Gasteiger partial charge in [-0.3, -0.25) is 9.69 Å². The van der Waals surface area contributed by atoms with Gasteiger partial charge in [0.2, 0.25) is 5.91 Å². The molecule has 5 aliphatic rings. The van der Waals surface area contributed by atoms with Gasteiger partial charge in [-0.15, -0.1) is 0 Å². The summed E-state index contributed by atoms with van der Waals surface area (Å²) >= 11 is 0. The predicted octanol–water partition coefficient (Wildman–Crippen LogP) is 3.81. The van der Waals surface area contributed by atoms with E-state index in [1.807, 2.05) is 44.3 Å². The summed E-state index contributed by atoms with van der Waals surface area (Å²) < 4.78 is 6.46. The van der Waals surface area contributed by atoms with Crippen molar-refractivity contribution in [2.24, 2.45) is 5.92 Å². The Kier molecular flexibility index (Phi) is 5.09. The maximum absolute atomic E-state index is 13.5. The molecule has 194 valence electrons. The number of carbonyl (C=O) groups is 1. The molecule has 6 heteroatoms. The second kappa shape index (κ2) is 8.08. The minimum atomic E-state index is -1.16. The lowest BCUT2D eigenvalue weighted by atomic mass is 9.47. The van der Waals surface area contributed by atoms with Crippen LogP contribution in [0.3, 0.4) is 0 Å². The third kappa shape index (κ3) is 3.21. The van der Waals surface area contributed by atoms with Gasteiger partial charge in [-0.05, 0) is 81.2 Å². The number of likely N-dealkylation sites (N-methyl/N-ethyl adjacent to an activating group) is 1. The van der Waals surface area contributed by atoms with Gasteiger partial charge >= 0.3 is 0 Å². The minimum Gasteiger partial charge on any atom is -0.504 e. The highest BCUT2D eigenvalue weighted by Gasteiger charge is 2.74. The van der Waals surface area contributed by atoms with Gasteiger partial charge < -0.3 is 19.8 Å². The molecule has 3 aliphatic carbocycles. The second-order valence-corrected chi connectivity index (χ2v) is 12.0. The summed E-state index contributed by atoms with van der Waals surface area (Å²) in [7, 11) is 1.85. The zero-order valence-corrected chi connectivity index (χ0v) is 21.7. The standard InChI is InChI=1S/C31H36N2O4/c1-19-4-3-5-20(16-19)8-13-27(35)32(2)24-11-12-26-30-14-15-33(18-21-6-7-21)25(31(24,30)36)17-22-9-10-23(34)29(37-26)28(22)30/h3-5,8-10,13,16,21,24-26,34,36H,6-7,11-12,14-15,17-18H2,1-2H3/b13-8+/t24?,25-,26?,30-,31-/m1/s1. The highest BCUT2D eigenvalue weighted by molar-refractivity contribution is 5.92. The van der Waals surface area contributed by atoms with E-state index in [2.05, 4.69) is 11.0 Å². The van der Waals surface area contributed by atoms with Crippen LogP contribution in [0.4, 0.5) is 0 Å². The van der Waals surface area contributed by atoms with Gasteiger partial charge in [0.15, 0.2) is 11.5 Å². The first kappa shape index (κ1) is 23.3. The Morgan fingerprint density at radius 1 is 1.22 bits per heavy atom. The summed E-state index contributed by atoms with van der Waals surface area (Å²) in [6.45, 7) is 3.96. The Morgan fingerprint density at radius 2 is 2.05 bits per heavy atom. The van der Waals surface area contributed by atoms with E-state index in [9.17, 15) is 15.0 Å². The van der Waals surface area contributed by atoms with E-state index >= 15 is 0 Å². The predicted molar refractivity (Wildman–Crippen MR) is 142 cm³/mol. The van der Waals surface area contributed by atoms with Crippen molar-refractivity contribution >= 4 is 12.0 Å². The molecule has 37 heavy (non-hydrogen) atoms. The van der Waals surface area contributed by atoms with Crippen molar-refractivity contribution < 1.29 is 19.7 Å². The zero-order chi connectivity index (χ0) is 25.5. The molecule has 1 saturated heterocycles. The second-order valence-electron chi connectivity index (χ2n) is 12.0. The number of hydrogen-bond acceptors (Lipinski definition) is 5. The first-order chi connectivity index (χ1) is 17.8. The van der Waals surface area contributed by atoms with Crippen LogP contribution in [0.2, 0.25) is 0 Å². The number of rotatable bonds is 5. The molecule has 2 heterocycles. The lowest BCUT2D eigenvalue weighted by molar-refractivity contribution is -0.217. The summed E-state index contributed by atoms with van der Waals surface area (Å²) in [5.74, 6) is 1.33. The number of phenolic OH excluding ortho intramolecular Hbond substituents is 1. The third-order valence-electron chi connectivity index (χ3n) is 10.0. The SMILES string of the molecule is Cc1cccc(/C=C/C(=O)N(C)C2CCC3Oc4c(O)ccc5c4[C@@]34CCN(CC3CC3)[C@H](C5)[C@]24O)c1. The van der Waals surface area contributed by atoms with Gasteiger partial charge in [0, 0.05) is 31.3 Å². The number of phenols is 1. The fourth-order valence-corrected chi connectivity index (χ4v) is 8.19. The Bertz CT molecular complexity index is 1300. The van der Waals surface area contributed by atoms with Crippen molar-refractivity contribution in [2.75, 3.05) is 20.1 Å². The van der Waals surface area contributed by atoms with Crippen LogP contribution < -0.4 is 4.74 Å². The first-order valence-corrected chi connectivity index (χ1v) is 13.8. The topological polar surface area (TPSA) is 73.2 Å². The van der Waals surface area contributed by atoms with Gasteiger partial charge in [-0.2, -0.15) is 0 Å². The number of nitrogens with zero attached hydrogens (tertiary/aromatic N) is 2. The Hall–Kier alpha value is -2.83. The van der Waals surface area contributed by atoms with Crippen LogP contribution in [0.25, 0.3) is 6.08 Å². The van der Waals surface area contributed by atoms with Gasteiger partial charge in [-0.25, -0.2) is 0 Å². The summed E-state index contributed by atoms with van der Waals surface area (Å²) in [5, 5.41) is 23.8. The van der Waals surface area contributed by atoms with Gasteiger partial charge in [0.05, 0.1) is 11.5 Å². The van der Waals surface area contributed by atoms with Crippen molar-refractivity contribution in [3.05, 3.63) is 64.7 Å². The number of hydrogen-bond donors (Lipinski definition) is 2. The molecule has 7 rings (SSSR count). The molecule has 2 aromatic carbocycles. The largest absolute Gasteiger partial charge is 0.504 e. The molecule has 1 spiro atoms. The first-order valence-electron chi connectivity index (χ1n) is 13.8. The van der Waals surface area contributed by atoms with Crippen molar-refractivity contribution in [2.45, 2.75) is 74.7 Å². The van der Waals surface area contributed by atoms with Crippen molar-refractivity contribution in [1.82, 2.24) is 9.80 Å². The maximum atomic E-state index is 13.5. The fourth-order valence-electron chi connectivity index (χ4n) is 8.19. The number of ether oxygens (including phenoxy) is 1. The molecule has 2 saturated carbocycles. The molecule has 0 aromatic heterocycles. The van der Waals surface area contributed by atoms with Gasteiger partial charge in [0.25, 0.3) is 0 Å². The molecule has 2 bridgehead atoms. The molecule has 2 unspecified atom stereocenters. The van der Waals surface area contributed by atoms with Crippen LogP contribution >= 0.6 is 0 Å². The van der Waals surface area contributed by atoms with E-state index < -0.39 is 11.0 Å². The molecule has 0 radical (unpaired) electrons. The van der Waals surface area contributed by atoms with Crippen molar-refractivity contribution in [3.8, 4) is 11.5 Å². The van der Waals surface area contributed by atoms with E-state index in [-0.39, 0.29) is 29.8 Å². The summed E-state index contributed by atoms with van der Waals surface area (Å²) in [5.41, 5.74) is 2.56. The Labute approximate surface area is 218 Å². The quantitative estimate of drug-likeness (QED) is 0.611. The van der Waals surface area contributed by atoms with E-state index in [1.165, 1.54) is 18.4 Å². The van der Waals surface area contributed by atoms with Crippen LogP contribution in [0.5, 0.6) is 11.5 Å². The lowest BCUT2D eigenvalue weighted by Gasteiger charge is -2.66. The van der Waals surface area contributed by atoms with Crippen LogP contribution in [0.1, 0.15) is 54.4 Å². The van der Waals surface area contributed by atoms with E-state index in [0.29, 0.717) is 24.5 Å². The summed E-state index contributed by atoms with van der Waals surface area (Å²) in [6, 6.07) is 11.4. The van der Waals surface area contributed by atoms with Crippen LogP contribution in [-0.4, -0.2) is 69.8 Å². The number of benzene rings is 2. The number of aliphatic hydroxyl groups is 1. The monoisotopic (exact) mass is 500 g/mol. The molecular weight excluding hydrogens is 464 g/mol. The van der Waals surface area contributed by atoms with E-state index in [0.717, 1.165) is 42.6 Å². The van der Waals surface area contributed by atoms with Crippen LogP contribution in [0.15, 0.2) is 42.5 Å². The maximum Gasteiger partial charge on any atom is 0.246 e. The van der Waals surface area contributed by atoms with Crippen LogP contribution in [-0.2, 0) is 16.6 Å². The smallest absolute Gasteiger partial charge is 0.246 e. The van der Waals surface area contributed by atoms with Gasteiger partial charge in [-0.1, -0.05) is 35.9 Å². The van der Waals surface area contributed by atoms with E-state index in [1.54, 1.807) is 17.0 Å². The molecule has 2 N–H and O–H groups in total. The number of likely N-dealkylation sites (tertiary alicyclic amines) is 1. The number of piperidine rings is 1. The lowest BCUT2D eigenvalue weighted by Crippen LogP contribution is -2.81. The molecule has 1 amide bonds. The average molecular weight is 501 g/mol. The molecule has 5 atom stereocenters. The van der Waals surface area contributed by atoms with Crippen LogP contribution in [0, 0.1) is 12.8 Å². The normalized spacial score (nSPS) is 33.8. The molecule has 3 fully saturated rings. The number of aromatic hydroxyl groups is 1.